The minimum atomic E-state index is -1.66. The van der Waals surface area contributed by atoms with Crippen molar-refractivity contribution in [2.75, 3.05) is 7.05 Å². The predicted molar refractivity (Wildman–Crippen MR) is 122 cm³/mol. The largest absolute Gasteiger partial charge is 0.337 e. The number of hydrogen-bond acceptors (Lipinski definition) is 1. The minimum Gasteiger partial charge on any atom is -0.337 e. The van der Waals surface area contributed by atoms with Gasteiger partial charge in [0.15, 0.2) is 8.24 Å². The molecule has 3 heteroatoms. The molecular formula is C24H26NPSi. The molecule has 0 aliphatic heterocycles. The molecule has 136 valence electrons. The summed E-state index contributed by atoms with van der Waals surface area (Å²) in [5, 5.41) is 5.96. The number of rotatable bonds is 5. The van der Waals surface area contributed by atoms with E-state index < -0.39 is 16.2 Å². The fourth-order valence-electron chi connectivity index (χ4n) is 3.86. The van der Waals surface area contributed by atoms with E-state index in [0.29, 0.717) is 5.92 Å². The standard InChI is InChI=1S/C24H26NPSi/c1-25-27(2,3)24-18-23(21-16-10-11-17-22(21)24)26(19-12-6-4-7-13-19)20-14-8-5-9-15-20/h4-18,21,25H,1-3H3. The molecule has 2 aliphatic rings. The van der Waals surface area contributed by atoms with E-state index in [1.54, 1.807) is 10.5 Å². The van der Waals surface area contributed by atoms with Gasteiger partial charge in [0.1, 0.15) is 0 Å². The van der Waals surface area contributed by atoms with Gasteiger partial charge in [-0.2, -0.15) is 0 Å². The Bertz CT molecular complexity index is 899. The Morgan fingerprint density at radius 2 is 1.44 bits per heavy atom. The van der Waals surface area contributed by atoms with E-state index in [1.165, 1.54) is 16.2 Å². The summed E-state index contributed by atoms with van der Waals surface area (Å²) < 4.78 is 0. The number of nitrogens with one attached hydrogen (secondary N) is 1. The zero-order valence-electron chi connectivity index (χ0n) is 16.2. The normalized spacial score (nSPS) is 18.8. The molecule has 0 saturated carbocycles. The molecular weight excluding hydrogens is 361 g/mol. The van der Waals surface area contributed by atoms with Crippen molar-refractivity contribution in [1.29, 1.82) is 0 Å². The van der Waals surface area contributed by atoms with Gasteiger partial charge in [0, 0.05) is 5.92 Å². The highest BCUT2D eigenvalue weighted by Crippen LogP contribution is 2.54. The van der Waals surface area contributed by atoms with Gasteiger partial charge < -0.3 is 4.98 Å². The Labute approximate surface area is 165 Å². The average molecular weight is 388 g/mol. The van der Waals surface area contributed by atoms with Crippen molar-refractivity contribution in [3.05, 3.63) is 107 Å². The lowest BCUT2D eigenvalue weighted by atomic mass is 9.98. The molecule has 0 saturated heterocycles. The Morgan fingerprint density at radius 1 is 0.852 bits per heavy atom. The lowest BCUT2D eigenvalue weighted by molar-refractivity contribution is 0.993. The summed E-state index contributed by atoms with van der Waals surface area (Å²) in [5.74, 6) is 0.400. The van der Waals surface area contributed by atoms with Crippen molar-refractivity contribution in [3.63, 3.8) is 0 Å². The molecule has 0 spiro atoms. The van der Waals surface area contributed by atoms with Crippen molar-refractivity contribution in [2.45, 2.75) is 13.1 Å². The first-order valence-electron chi connectivity index (χ1n) is 9.52. The summed E-state index contributed by atoms with van der Waals surface area (Å²) in [5.41, 5.74) is 1.50. The molecule has 1 nitrogen and oxygen atoms in total. The van der Waals surface area contributed by atoms with Crippen LogP contribution in [0.5, 0.6) is 0 Å². The van der Waals surface area contributed by atoms with Crippen LogP contribution in [0, 0.1) is 5.92 Å². The molecule has 4 rings (SSSR count). The molecule has 0 aromatic heterocycles. The molecule has 1 N–H and O–H groups in total. The molecule has 0 radical (unpaired) electrons. The topological polar surface area (TPSA) is 12.0 Å². The maximum atomic E-state index is 3.64. The summed E-state index contributed by atoms with van der Waals surface area (Å²) in [4.78, 5) is 3.64. The fraction of sp³-hybridized carbons (Fsp3) is 0.167. The van der Waals surface area contributed by atoms with Crippen molar-refractivity contribution in [1.82, 2.24) is 4.98 Å². The SMILES string of the molecule is CN[Si](C)(C)C1=C2C=CC=CC2C(P(c2ccccc2)c2ccccc2)=C1. The Kier molecular flexibility index (Phi) is 5.14. The van der Waals surface area contributed by atoms with E-state index in [1.807, 2.05) is 0 Å². The Balaban J connectivity index is 1.87. The average Bonchev–Trinajstić information content (AvgIpc) is 3.10. The first kappa shape index (κ1) is 18.4. The van der Waals surface area contributed by atoms with Crippen LogP contribution in [0.2, 0.25) is 13.1 Å². The summed E-state index contributed by atoms with van der Waals surface area (Å²) in [7, 11) is -0.0978. The van der Waals surface area contributed by atoms with Gasteiger partial charge in [0.25, 0.3) is 0 Å². The van der Waals surface area contributed by atoms with Crippen molar-refractivity contribution >= 4 is 26.8 Å². The van der Waals surface area contributed by atoms with Gasteiger partial charge in [-0.1, -0.05) is 104 Å². The Morgan fingerprint density at radius 3 is 2.00 bits per heavy atom. The maximum absolute atomic E-state index is 3.64. The minimum absolute atomic E-state index is 0.400. The second-order valence-corrected chi connectivity index (χ2v) is 14.1. The quantitative estimate of drug-likeness (QED) is 0.561. The van der Waals surface area contributed by atoms with Crippen LogP contribution in [0.4, 0.5) is 0 Å². The number of allylic oxidation sites excluding steroid dienone is 8. The monoisotopic (exact) mass is 387 g/mol. The molecule has 2 aromatic rings. The van der Waals surface area contributed by atoms with Crippen LogP contribution in [0.25, 0.3) is 0 Å². The molecule has 0 fully saturated rings. The molecule has 0 heterocycles. The van der Waals surface area contributed by atoms with Gasteiger partial charge >= 0.3 is 0 Å². The van der Waals surface area contributed by atoms with Crippen molar-refractivity contribution in [2.24, 2.45) is 5.92 Å². The molecule has 1 unspecified atom stereocenters. The number of fused-ring (bicyclic) bond motifs is 1. The number of benzene rings is 2. The molecule has 2 aliphatic carbocycles. The van der Waals surface area contributed by atoms with Crippen LogP contribution in [0.3, 0.4) is 0 Å². The lowest BCUT2D eigenvalue weighted by Crippen LogP contribution is -2.44. The summed E-state index contributed by atoms with van der Waals surface area (Å²) in [6.07, 6.45) is 11.7. The van der Waals surface area contributed by atoms with Gasteiger partial charge in [-0.25, -0.2) is 0 Å². The highest BCUT2D eigenvalue weighted by atomic mass is 31.1. The third-order valence-electron chi connectivity index (χ3n) is 5.53. The molecule has 27 heavy (non-hydrogen) atoms. The molecule has 1 atom stereocenters. The first-order chi connectivity index (χ1) is 13.1. The van der Waals surface area contributed by atoms with Crippen LogP contribution in [0.15, 0.2) is 107 Å². The second kappa shape index (κ2) is 7.56. The molecule has 0 amide bonds. The highest BCUT2D eigenvalue weighted by molar-refractivity contribution is 7.76. The summed E-state index contributed by atoms with van der Waals surface area (Å²) >= 11 is 0. The van der Waals surface area contributed by atoms with E-state index in [0.717, 1.165) is 0 Å². The van der Waals surface area contributed by atoms with E-state index in [2.05, 4.69) is 116 Å². The predicted octanol–water partition coefficient (Wildman–Crippen LogP) is 5.02. The smallest absolute Gasteiger partial charge is 0.151 e. The van der Waals surface area contributed by atoms with Crippen LogP contribution in [-0.4, -0.2) is 15.3 Å². The molecule has 0 bridgehead atoms. The summed E-state index contributed by atoms with van der Waals surface area (Å²) in [6, 6.07) is 22.1. The van der Waals surface area contributed by atoms with Gasteiger partial charge in [-0.3, -0.25) is 0 Å². The third-order valence-corrected chi connectivity index (χ3v) is 11.1. The van der Waals surface area contributed by atoms with E-state index in [-0.39, 0.29) is 0 Å². The first-order valence-corrected chi connectivity index (χ1v) is 13.9. The van der Waals surface area contributed by atoms with Gasteiger partial charge in [-0.15, -0.1) is 0 Å². The van der Waals surface area contributed by atoms with Crippen molar-refractivity contribution in [3.8, 4) is 0 Å². The van der Waals surface area contributed by atoms with E-state index in [9.17, 15) is 0 Å². The molecule has 2 aromatic carbocycles. The highest BCUT2D eigenvalue weighted by Gasteiger charge is 2.37. The second-order valence-electron chi connectivity index (χ2n) is 7.54. The van der Waals surface area contributed by atoms with Gasteiger partial charge in [0.05, 0.1) is 0 Å². The maximum Gasteiger partial charge on any atom is 0.151 e. The van der Waals surface area contributed by atoms with Crippen LogP contribution in [0.1, 0.15) is 0 Å². The van der Waals surface area contributed by atoms with Crippen molar-refractivity contribution < 1.29 is 0 Å². The van der Waals surface area contributed by atoms with E-state index in [4.69, 9.17) is 0 Å². The number of hydrogen-bond donors (Lipinski definition) is 1. The Hall–Kier alpha value is -1.99. The zero-order valence-corrected chi connectivity index (χ0v) is 18.1. The summed E-state index contributed by atoms with van der Waals surface area (Å²) in [6.45, 7) is 4.82. The third kappa shape index (κ3) is 3.46. The van der Waals surface area contributed by atoms with Gasteiger partial charge in [0.2, 0.25) is 0 Å². The lowest BCUT2D eigenvalue weighted by Gasteiger charge is -2.26. The van der Waals surface area contributed by atoms with Gasteiger partial charge in [-0.05, 0) is 41.7 Å². The van der Waals surface area contributed by atoms with Crippen LogP contribution >= 0.6 is 7.92 Å². The van der Waals surface area contributed by atoms with Crippen LogP contribution in [-0.2, 0) is 0 Å². The fourth-order valence-corrected chi connectivity index (χ4v) is 8.32. The van der Waals surface area contributed by atoms with E-state index >= 15 is 0 Å². The zero-order chi connectivity index (χ0) is 18.9. The van der Waals surface area contributed by atoms with Crippen LogP contribution < -0.4 is 15.6 Å².